The molecule has 26 heavy (non-hydrogen) atoms. The first-order valence-corrected chi connectivity index (χ1v) is 9.95. The number of amides is 1. The first-order chi connectivity index (χ1) is 12.7. The summed E-state index contributed by atoms with van der Waals surface area (Å²) in [7, 11) is 3.58. The van der Waals surface area contributed by atoms with Crippen molar-refractivity contribution in [2.45, 2.75) is 44.4 Å². The van der Waals surface area contributed by atoms with Gasteiger partial charge in [-0.2, -0.15) is 0 Å². The van der Waals surface area contributed by atoms with Crippen molar-refractivity contribution in [3.05, 3.63) is 35.4 Å². The van der Waals surface area contributed by atoms with Crippen LogP contribution in [0.3, 0.4) is 0 Å². The highest BCUT2D eigenvalue weighted by Crippen LogP contribution is 2.31. The Hall–Kier alpha value is -2.04. The lowest BCUT2D eigenvalue weighted by atomic mass is 9.83. The minimum atomic E-state index is 0.155. The molecule has 1 fully saturated rings. The zero-order valence-electron chi connectivity index (χ0n) is 16.1. The maximum absolute atomic E-state index is 11.6. The number of nitrogens with one attached hydrogen (secondary N) is 2. The number of likely N-dealkylation sites (tertiary alicyclic amines) is 1. The molecule has 5 heteroatoms. The Balaban J connectivity index is 1.51. The van der Waals surface area contributed by atoms with Gasteiger partial charge in [-0.3, -0.25) is 9.79 Å². The Kier molecular flexibility index (Phi) is 6.53. The van der Waals surface area contributed by atoms with E-state index in [1.54, 1.807) is 7.05 Å². The van der Waals surface area contributed by atoms with Crippen LogP contribution in [-0.2, 0) is 11.2 Å². The van der Waals surface area contributed by atoms with Crippen LogP contribution in [0.25, 0.3) is 0 Å². The molecule has 0 aromatic heterocycles. The monoisotopic (exact) mass is 356 g/mol. The number of fused-ring (bicyclic) bond motifs is 1. The van der Waals surface area contributed by atoms with Crippen LogP contribution in [-0.4, -0.2) is 50.5 Å². The normalized spacial score (nSPS) is 21.2. The van der Waals surface area contributed by atoms with Crippen LogP contribution in [0.1, 0.15) is 49.1 Å². The van der Waals surface area contributed by atoms with Crippen molar-refractivity contribution in [1.29, 1.82) is 0 Å². The molecule has 2 aliphatic rings. The van der Waals surface area contributed by atoms with E-state index in [0.717, 1.165) is 38.4 Å². The molecule has 1 unspecified atom stereocenters. The van der Waals surface area contributed by atoms with Crippen molar-refractivity contribution in [3.8, 4) is 0 Å². The van der Waals surface area contributed by atoms with E-state index in [1.807, 2.05) is 7.05 Å². The number of hydrogen-bond acceptors (Lipinski definition) is 2. The number of aliphatic imine (C=N–C) groups is 1. The molecule has 1 aromatic rings. The molecule has 0 bridgehead atoms. The van der Waals surface area contributed by atoms with Gasteiger partial charge < -0.3 is 15.5 Å². The highest BCUT2D eigenvalue weighted by molar-refractivity contribution is 5.80. The molecule has 1 aliphatic carbocycles. The molecule has 0 radical (unpaired) electrons. The van der Waals surface area contributed by atoms with E-state index in [2.05, 4.69) is 44.8 Å². The van der Waals surface area contributed by atoms with Gasteiger partial charge in [-0.05, 0) is 49.1 Å². The largest absolute Gasteiger partial charge is 0.359 e. The zero-order valence-corrected chi connectivity index (χ0v) is 16.1. The molecule has 2 N–H and O–H groups in total. The number of piperidine rings is 1. The second-order valence-electron chi connectivity index (χ2n) is 7.52. The quantitative estimate of drug-likeness (QED) is 0.644. The van der Waals surface area contributed by atoms with Crippen LogP contribution in [0.4, 0.5) is 0 Å². The molecule has 1 atom stereocenters. The van der Waals surface area contributed by atoms with Crippen molar-refractivity contribution in [1.82, 2.24) is 15.5 Å². The van der Waals surface area contributed by atoms with Crippen LogP contribution < -0.4 is 10.6 Å². The fourth-order valence-corrected chi connectivity index (χ4v) is 4.33. The predicted octanol–water partition coefficient (Wildman–Crippen LogP) is 2.53. The van der Waals surface area contributed by atoms with Gasteiger partial charge >= 0.3 is 0 Å². The van der Waals surface area contributed by atoms with E-state index in [4.69, 9.17) is 0 Å². The van der Waals surface area contributed by atoms with Gasteiger partial charge in [0.15, 0.2) is 5.96 Å². The number of nitrogens with zero attached hydrogens (tertiary/aromatic N) is 2. The van der Waals surface area contributed by atoms with Crippen LogP contribution in [0.15, 0.2) is 29.3 Å². The molecule has 1 heterocycles. The highest BCUT2D eigenvalue weighted by atomic mass is 16.1. The number of carbonyl (C=O) groups is 1. The van der Waals surface area contributed by atoms with Crippen LogP contribution in [0.5, 0.6) is 0 Å². The van der Waals surface area contributed by atoms with E-state index >= 15 is 0 Å². The van der Waals surface area contributed by atoms with Crippen molar-refractivity contribution >= 4 is 11.9 Å². The average molecular weight is 357 g/mol. The summed E-state index contributed by atoms with van der Waals surface area (Å²) in [5.41, 5.74) is 3.02. The van der Waals surface area contributed by atoms with E-state index < -0.39 is 0 Å². The van der Waals surface area contributed by atoms with Gasteiger partial charge in [0.25, 0.3) is 0 Å². The molecule has 0 spiro atoms. The standard InChI is InChI=1S/C21H32N4O/c1-22-20(26)14-16-10-12-25(13-11-16)21(23-2)24-15-18-8-5-7-17-6-3-4-9-19(17)18/h3-4,6,9,16,18H,5,7-8,10-15H2,1-2H3,(H,22,26)(H,23,24). The fraction of sp³-hybridized carbons (Fsp3) is 0.619. The Labute approximate surface area is 157 Å². The second kappa shape index (κ2) is 9.06. The highest BCUT2D eigenvalue weighted by Gasteiger charge is 2.24. The van der Waals surface area contributed by atoms with Gasteiger partial charge in [-0.25, -0.2) is 0 Å². The fourth-order valence-electron chi connectivity index (χ4n) is 4.33. The number of benzene rings is 1. The second-order valence-corrected chi connectivity index (χ2v) is 7.52. The first-order valence-electron chi connectivity index (χ1n) is 9.95. The molecule has 1 amide bonds. The lowest BCUT2D eigenvalue weighted by Crippen LogP contribution is -2.47. The van der Waals surface area contributed by atoms with Crippen molar-refractivity contribution in [2.75, 3.05) is 33.7 Å². The van der Waals surface area contributed by atoms with Crippen molar-refractivity contribution in [3.63, 3.8) is 0 Å². The van der Waals surface area contributed by atoms with Gasteiger partial charge in [0.1, 0.15) is 0 Å². The minimum Gasteiger partial charge on any atom is -0.359 e. The number of aryl methyl sites for hydroxylation is 1. The summed E-state index contributed by atoms with van der Waals surface area (Å²) in [6.45, 7) is 2.90. The van der Waals surface area contributed by atoms with Crippen LogP contribution in [0, 0.1) is 5.92 Å². The Morgan fingerprint density at radius 3 is 2.73 bits per heavy atom. The number of rotatable bonds is 4. The molecule has 1 saturated heterocycles. The summed E-state index contributed by atoms with van der Waals surface area (Å²) in [5.74, 6) is 2.23. The number of guanidine groups is 1. The average Bonchev–Trinajstić information content (AvgIpc) is 2.69. The van der Waals surface area contributed by atoms with Crippen molar-refractivity contribution < 1.29 is 4.79 Å². The first kappa shape index (κ1) is 18.7. The van der Waals surface area contributed by atoms with Crippen LogP contribution >= 0.6 is 0 Å². The molecular weight excluding hydrogens is 324 g/mol. The third-order valence-corrected chi connectivity index (χ3v) is 5.88. The lowest BCUT2D eigenvalue weighted by Gasteiger charge is -2.35. The van der Waals surface area contributed by atoms with E-state index in [1.165, 1.54) is 30.4 Å². The maximum Gasteiger partial charge on any atom is 0.220 e. The Morgan fingerprint density at radius 2 is 2.00 bits per heavy atom. The summed E-state index contributed by atoms with van der Waals surface area (Å²) in [4.78, 5) is 18.4. The van der Waals surface area contributed by atoms with E-state index in [0.29, 0.717) is 18.3 Å². The SMILES string of the molecule is CN=C(NCC1CCCc2ccccc21)N1CCC(CC(=O)NC)CC1. The summed E-state index contributed by atoms with van der Waals surface area (Å²) < 4.78 is 0. The van der Waals surface area contributed by atoms with Gasteiger partial charge in [0.2, 0.25) is 5.91 Å². The van der Waals surface area contributed by atoms with Gasteiger partial charge in [0.05, 0.1) is 0 Å². The summed E-state index contributed by atoms with van der Waals surface area (Å²) in [6, 6.07) is 8.86. The molecule has 5 nitrogen and oxygen atoms in total. The van der Waals surface area contributed by atoms with Gasteiger partial charge in [0, 0.05) is 46.1 Å². The predicted molar refractivity (Wildman–Crippen MR) is 106 cm³/mol. The third kappa shape index (κ3) is 4.57. The molecule has 3 rings (SSSR count). The maximum atomic E-state index is 11.6. The minimum absolute atomic E-state index is 0.155. The smallest absolute Gasteiger partial charge is 0.220 e. The van der Waals surface area contributed by atoms with E-state index in [9.17, 15) is 4.79 Å². The molecular formula is C21H32N4O. The molecule has 0 saturated carbocycles. The third-order valence-electron chi connectivity index (χ3n) is 5.88. The summed E-state index contributed by atoms with van der Waals surface area (Å²) in [6.07, 6.45) is 6.48. The lowest BCUT2D eigenvalue weighted by molar-refractivity contribution is -0.121. The zero-order chi connectivity index (χ0) is 18.4. The van der Waals surface area contributed by atoms with Crippen LogP contribution in [0.2, 0.25) is 0 Å². The van der Waals surface area contributed by atoms with Gasteiger partial charge in [-0.15, -0.1) is 0 Å². The molecule has 1 aliphatic heterocycles. The Morgan fingerprint density at radius 1 is 1.23 bits per heavy atom. The van der Waals surface area contributed by atoms with Crippen molar-refractivity contribution in [2.24, 2.45) is 10.9 Å². The summed E-state index contributed by atoms with van der Waals surface area (Å²) in [5, 5.41) is 6.35. The topological polar surface area (TPSA) is 56.7 Å². The van der Waals surface area contributed by atoms with Gasteiger partial charge in [-0.1, -0.05) is 24.3 Å². The Bertz CT molecular complexity index is 635. The number of carbonyl (C=O) groups excluding carboxylic acids is 1. The number of hydrogen-bond donors (Lipinski definition) is 2. The molecule has 142 valence electrons. The summed E-state index contributed by atoms with van der Waals surface area (Å²) >= 11 is 0. The molecule has 1 aromatic carbocycles. The van der Waals surface area contributed by atoms with E-state index in [-0.39, 0.29) is 5.91 Å².